The fourth-order valence-electron chi connectivity index (χ4n) is 5.08. The number of carbonyl (C=O) groups excluding carboxylic acids is 5. The first-order valence-electron chi connectivity index (χ1n) is 12.2. The van der Waals surface area contributed by atoms with Crippen molar-refractivity contribution < 1.29 is 37.1 Å². The van der Waals surface area contributed by atoms with E-state index in [9.17, 15) is 32.8 Å². The number of anilines is 1. The summed E-state index contributed by atoms with van der Waals surface area (Å²) in [4.78, 5) is 64.4. The average Bonchev–Trinajstić information content (AvgIpc) is 3.13. The van der Waals surface area contributed by atoms with Crippen LogP contribution in [0, 0.1) is 23.4 Å². The molecule has 0 bridgehead atoms. The molecule has 2 aromatic rings. The van der Waals surface area contributed by atoms with Gasteiger partial charge in [0, 0.05) is 31.6 Å². The highest BCUT2D eigenvalue weighted by atomic mass is 19.2. The number of piperidine rings is 2. The Morgan fingerprint density at radius 3 is 2.24 bits per heavy atom. The molecule has 3 aliphatic heterocycles. The van der Waals surface area contributed by atoms with Crippen LogP contribution in [0.5, 0.6) is 0 Å². The molecular formula is C26H23F3N4O5. The van der Waals surface area contributed by atoms with Gasteiger partial charge in [-0.05, 0) is 55.5 Å². The van der Waals surface area contributed by atoms with E-state index in [2.05, 4.69) is 10.6 Å². The van der Waals surface area contributed by atoms with E-state index in [4.69, 9.17) is 0 Å². The predicted molar refractivity (Wildman–Crippen MR) is 127 cm³/mol. The fourth-order valence-corrected chi connectivity index (χ4v) is 5.08. The summed E-state index contributed by atoms with van der Waals surface area (Å²) >= 11 is 0. The van der Waals surface area contributed by atoms with Crippen molar-refractivity contribution in [1.82, 2.24) is 15.5 Å². The normalized spacial score (nSPS) is 20.0. The second-order valence-corrected chi connectivity index (χ2v) is 9.57. The van der Waals surface area contributed by atoms with Crippen LogP contribution in [-0.4, -0.2) is 60.1 Å². The molecule has 2 fully saturated rings. The zero-order valence-electron chi connectivity index (χ0n) is 20.1. The molecule has 3 aliphatic rings. The highest BCUT2D eigenvalue weighted by molar-refractivity contribution is 6.23. The summed E-state index contributed by atoms with van der Waals surface area (Å²) < 4.78 is 41.5. The number of rotatable bonds is 5. The Kier molecular flexibility index (Phi) is 6.64. The van der Waals surface area contributed by atoms with Crippen LogP contribution in [0.3, 0.4) is 0 Å². The summed E-state index contributed by atoms with van der Waals surface area (Å²) in [6, 6.07) is 4.10. The highest BCUT2D eigenvalue weighted by Crippen LogP contribution is 2.34. The van der Waals surface area contributed by atoms with Crippen molar-refractivity contribution in [3.63, 3.8) is 0 Å². The molecule has 0 aromatic heterocycles. The smallest absolute Gasteiger partial charge is 0.262 e. The largest absolute Gasteiger partial charge is 0.369 e. The summed E-state index contributed by atoms with van der Waals surface area (Å²) in [7, 11) is 0. The molecule has 2 saturated heterocycles. The number of amides is 5. The Labute approximate surface area is 215 Å². The Hall–Kier alpha value is -4.22. The number of hydrogen-bond acceptors (Lipinski definition) is 6. The molecule has 9 nitrogen and oxygen atoms in total. The molecule has 12 heteroatoms. The molecule has 0 radical (unpaired) electrons. The monoisotopic (exact) mass is 528 g/mol. The van der Waals surface area contributed by atoms with Crippen molar-refractivity contribution in [3.8, 4) is 0 Å². The lowest BCUT2D eigenvalue weighted by Crippen LogP contribution is -2.54. The number of hydrogen-bond donors (Lipinski definition) is 2. The van der Waals surface area contributed by atoms with E-state index in [1.54, 1.807) is 4.90 Å². The first kappa shape index (κ1) is 25.4. The minimum atomic E-state index is -1.14. The third-order valence-electron chi connectivity index (χ3n) is 7.20. The van der Waals surface area contributed by atoms with Gasteiger partial charge in [0.05, 0.1) is 16.8 Å². The van der Waals surface area contributed by atoms with Crippen LogP contribution in [0.15, 0.2) is 30.3 Å². The molecule has 3 heterocycles. The number of carbonyl (C=O) groups is 5. The molecule has 0 saturated carbocycles. The minimum absolute atomic E-state index is 0.00276. The maximum Gasteiger partial charge on any atom is 0.262 e. The molecule has 1 unspecified atom stereocenters. The Morgan fingerprint density at radius 2 is 1.58 bits per heavy atom. The van der Waals surface area contributed by atoms with Gasteiger partial charge in [0.2, 0.25) is 11.8 Å². The van der Waals surface area contributed by atoms with E-state index < -0.39 is 53.0 Å². The van der Waals surface area contributed by atoms with E-state index in [1.807, 2.05) is 0 Å². The summed E-state index contributed by atoms with van der Waals surface area (Å²) in [5.74, 6) is -6.01. The molecule has 2 aromatic carbocycles. The predicted octanol–water partition coefficient (Wildman–Crippen LogP) is 2.15. The molecule has 5 rings (SSSR count). The topological polar surface area (TPSA) is 116 Å². The molecule has 2 N–H and O–H groups in total. The van der Waals surface area contributed by atoms with Gasteiger partial charge >= 0.3 is 0 Å². The standard InChI is InChI=1S/C26H23F3N4O5/c27-17-2-1-14(9-18(17)28)23(35)30-12-13-5-7-32(8-6-13)21-11-16-15(10-19(21)29)25(37)33(26(16)38)20-3-4-22(34)31-24(20)36/h1-2,9-11,13,20H,3-8,12H2,(H,30,35)(H,31,34,36). The Bertz CT molecular complexity index is 1370. The van der Waals surface area contributed by atoms with E-state index in [0.717, 1.165) is 23.1 Å². The third-order valence-corrected chi connectivity index (χ3v) is 7.20. The van der Waals surface area contributed by atoms with Gasteiger partial charge in [-0.1, -0.05) is 0 Å². The number of nitrogens with one attached hydrogen (secondary N) is 2. The number of imide groups is 2. The summed E-state index contributed by atoms with van der Waals surface area (Å²) in [6.45, 7) is 1.13. The van der Waals surface area contributed by atoms with Crippen molar-refractivity contribution >= 4 is 35.2 Å². The van der Waals surface area contributed by atoms with Gasteiger partial charge < -0.3 is 10.2 Å². The number of benzene rings is 2. The third kappa shape index (κ3) is 4.61. The SMILES string of the molecule is O=C1CCC(N2C(=O)c3cc(F)c(N4CCC(CNC(=O)c5ccc(F)c(F)c5)CC4)cc3C2=O)C(=O)N1. The van der Waals surface area contributed by atoms with Crippen LogP contribution in [0.25, 0.3) is 0 Å². The van der Waals surface area contributed by atoms with E-state index >= 15 is 4.39 Å². The summed E-state index contributed by atoms with van der Waals surface area (Å²) in [6.07, 6.45) is 1.17. The van der Waals surface area contributed by atoms with Crippen LogP contribution >= 0.6 is 0 Å². The van der Waals surface area contributed by atoms with E-state index in [1.165, 1.54) is 12.1 Å². The molecule has 5 amide bonds. The average molecular weight is 528 g/mol. The van der Waals surface area contributed by atoms with Gasteiger partial charge in [-0.3, -0.25) is 34.2 Å². The molecular weight excluding hydrogens is 505 g/mol. The first-order valence-corrected chi connectivity index (χ1v) is 12.2. The van der Waals surface area contributed by atoms with Gasteiger partial charge in [0.15, 0.2) is 11.6 Å². The minimum Gasteiger partial charge on any atom is -0.369 e. The van der Waals surface area contributed by atoms with Crippen LogP contribution in [0.4, 0.5) is 18.9 Å². The Morgan fingerprint density at radius 1 is 0.895 bits per heavy atom. The van der Waals surface area contributed by atoms with Gasteiger partial charge in [-0.25, -0.2) is 13.2 Å². The van der Waals surface area contributed by atoms with Crippen LogP contribution < -0.4 is 15.5 Å². The first-order chi connectivity index (χ1) is 18.1. The van der Waals surface area contributed by atoms with E-state index in [0.29, 0.717) is 32.5 Å². The van der Waals surface area contributed by atoms with Crippen LogP contribution in [-0.2, 0) is 9.59 Å². The van der Waals surface area contributed by atoms with Crippen molar-refractivity contribution in [2.75, 3.05) is 24.5 Å². The van der Waals surface area contributed by atoms with Crippen molar-refractivity contribution in [2.45, 2.75) is 31.7 Å². The lowest BCUT2D eigenvalue weighted by atomic mass is 9.95. The van der Waals surface area contributed by atoms with Crippen molar-refractivity contribution in [2.24, 2.45) is 5.92 Å². The Balaban J connectivity index is 1.22. The molecule has 0 spiro atoms. The second kappa shape index (κ2) is 9.92. The van der Waals surface area contributed by atoms with Crippen molar-refractivity contribution in [1.29, 1.82) is 0 Å². The van der Waals surface area contributed by atoms with Gasteiger partial charge in [0.1, 0.15) is 11.9 Å². The van der Waals surface area contributed by atoms with Gasteiger partial charge in [-0.15, -0.1) is 0 Å². The number of halogens is 3. The number of nitrogens with zero attached hydrogens (tertiary/aromatic N) is 2. The highest BCUT2D eigenvalue weighted by Gasteiger charge is 2.45. The van der Waals surface area contributed by atoms with Gasteiger partial charge in [-0.2, -0.15) is 0 Å². The summed E-state index contributed by atoms with van der Waals surface area (Å²) in [5, 5.41) is 4.83. The van der Waals surface area contributed by atoms with Crippen LogP contribution in [0.2, 0.25) is 0 Å². The van der Waals surface area contributed by atoms with Crippen LogP contribution in [0.1, 0.15) is 56.8 Å². The zero-order valence-corrected chi connectivity index (χ0v) is 20.1. The zero-order chi connectivity index (χ0) is 27.1. The quantitative estimate of drug-likeness (QED) is 0.575. The van der Waals surface area contributed by atoms with Crippen molar-refractivity contribution in [3.05, 3.63) is 64.5 Å². The second-order valence-electron chi connectivity index (χ2n) is 9.57. The van der Waals surface area contributed by atoms with Gasteiger partial charge in [0.25, 0.3) is 17.7 Å². The van der Waals surface area contributed by atoms with E-state index in [-0.39, 0.29) is 41.1 Å². The lowest BCUT2D eigenvalue weighted by Gasteiger charge is -2.34. The lowest BCUT2D eigenvalue weighted by molar-refractivity contribution is -0.136. The molecule has 1 atom stereocenters. The fraction of sp³-hybridized carbons (Fsp3) is 0.346. The molecule has 38 heavy (non-hydrogen) atoms. The molecule has 198 valence electrons. The number of fused-ring (bicyclic) bond motifs is 1. The molecule has 0 aliphatic carbocycles. The maximum atomic E-state index is 15.1. The summed E-state index contributed by atoms with van der Waals surface area (Å²) in [5.41, 5.74) is 0.0270. The maximum absolute atomic E-state index is 15.1.